The fourth-order valence-electron chi connectivity index (χ4n) is 3.43. The van der Waals surface area contributed by atoms with Gasteiger partial charge in [0.05, 0.1) is 5.57 Å². The number of hydrogen-bond donors (Lipinski definition) is 0. The molecule has 1 aromatic carbocycles. The molecule has 23 heavy (non-hydrogen) atoms. The number of allylic oxidation sites excluding steroid dienone is 5. The second-order valence-electron chi connectivity index (χ2n) is 6.36. The summed E-state index contributed by atoms with van der Waals surface area (Å²) in [7, 11) is 0. The highest BCUT2D eigenvalue weighted by Gasteiger charge is 2.38. The first-order valence-electron chi connectivity index (χ1n) is 7.53. The average molecular weight is 367 g/mol. The number of halogens is 1. The van der Waals surface area contributed by atoms with Crippen LogP contribution < -0.4 is 0 Å². The molecule has 3 heteroatoms. The molecule has 4 rings (SSSR count). The maximum atomic E-state index is 13.0. The summed E-state index contributed by atoms with van der Waals surface area (Å²) in [5.74, 6) is 0.613. The Labute approximate surface area is 143 Å². The van der Waals surface area contributed by atoms with Crippen molar-refractivity contribution in [2.45, 2.75) is 19.3 Å². The molecule has 0 amide bonds. The smallest absolute Gasteiger partial charge is 0.197 e. The first kappa shape index (κ1) is 14.5. The number of carbonyl (C=O) groups excluding carboxylic acids is 1. The van der Waals surface area contributed by atoms with Crippen molar-refractivity contribution < 1.29 is 9.21 Å². The zero-order chi connectivity index (χ0) is 16.2. The first-order valence-corrected chi connectivity index (χ1v) is 8.32. The van der Waals surface area contributed by atoms with Crippen LogP contribution >= 0.6 is 15.9 Å². The van der Waals surface area contributed by atoms with Crippen LogP contribution in [0.15, 0.2) is 68.8 Å². The molecule has 0 aliphatic heterocycles. The number of fused-ring (bicyclic) bond motifs is 2. The molecule has 0 radical (unpaired) electrons. The van der Waals surface area contributed by atoms with Gasteiger partial charge in [-0.1, -0.05) is 44.2 Å². The molecule has 0 spiro atoms. The van der Waals surface area contributed by atoms with Crippen molar-refractivity contribution in [1.82, 2.24) is 0 Å². The number of rotatable bonds is 1. The predicted octanol–water partition coefficient (Wildman–Crippen LogP) is 5.31. The molecule has 0 N–H and O–H groups in total. The molecule has 0 fully saturated rings. The maximum Gasteiger partial charge on any atom is 0.197 e. The Morgan fingerprint density at radius 2 is 1.78 bits per heavy atom. The summed E-state index contributed by atoms with van der Waals surface area (Å²) >= 11 is 3.29. The first-order chi connectivity index (χ1) is 11.0. The molecule has 0 bridgehead atoms. The molecule has 1 aromatic heterocycles. The van der Waals surface area contributed by atoms with E-state index in [1.54, 1.807) is 6.07 Å². The van der Waals surface area contributed by atoms with Crippen molar-refractivity contribution in [3.8, 4) is 0 Å². The normalized spacial score (nSPS) is 18.6. The van der Waals surface area contributed by atoms with Gasteiger partial charge in [-0.2, -0.15) is 0 Å². The van der Waals surface area contributed by atoms with E-state index in [-0.39, 0.29) is 11.2 Å². The lowest BCUT2D eigenvalue weighted by atomic mass is 9.66. The van der Waals surface area contributed by atoms with Crippen LogP contribution in [0.2, 0.25) is 0 Å². The monoisotopic (exact) mass is 366 g/mol. The lowest BCUT2D eigenvalue weighted by Gasteiger charge is -2.36. The predicted molar refractivity (Wildman–Crippen MR) is 94.9 cm³/mol. The van der Waals surface area contributed by atoms with Crippen LogP contribution in [0.3, 0.4) is 0 Å². The van der Waals surface area contributed by atoms with E-state index >= 15 is 0 Å². The fraction of sp³-hybridized carbons (Fsp3) is 0.150. The number of benzene rings is 1. The summed E-state index contributed by atoms with van der Waals surface area (Å²) in [4.78, 5) is 13.0. The van der Waals surface area contributed by atoms with E-state index in [2.05, 4.69) is 48.0 Å². The topological polar surface area (TPSA) is 30.2 Å². The van der Waals surface area contributed by atoms with Crippen molar-refractivity contribution in [2.75, 3.05) is 0 Å². The fourth-order valence-corrected chi connectivity index (χ4v) is 3.74. The molecule has 0 saturated carbocycles. The minimum atomic E-state index is -0.192. The van der Waals surface area contributed by atoms with Crippen LogP contribution in [-0.4, -0.2) is 5.78 Å². The third-order valence-corrected chi connectivity index (χ3v) is 5.07. The van der Waals surface area contributed by atoms with Gasteiger partial charge >= 0.3 is 0 Å². The Hall–Kier alpha value is -2.13. The molecule has 0 atom stereocenters. The molecule has 1 heterocycles. The van der Waals surface area contributed by atoms with E-state index in [1.807, 2.05) is 30.4 Å². The van der Waals surface area contributed by atoms with Gasteiger partial charge in [0, 0.05) is 11.0 Å². The molecule has 2 aliphatic carbocycles. The van der Waals surface area contributed by atoms with Crippen LogP contribution in [0, 0.1) is 0 Å². The third-order valence-electron chi connectivity index (χ3n) is 4.64. The van der Waals surface area contributed by atoms with Gasteiger partial charge in [-0.3, -0.25) is 4.79 Å². The van der Waals surface area contributed by atoms with Gasteiger partial charge < -0.3 is 4.42 Å². The Morgan fingerprint density at radius 3 is 2.52 bits per heavy atom. The average Bonchev–Trinajstić information content (AvgIpc) is 2.95. The lowest BCUT2D eigenvalue weighted by Crippen LogP contribution is -2.30. The van der Waals surface area contributed by atoms with Gasteiger partial charge in [0.25, 0.3) is 0 Å². The molecular formula is C20H15BrO2. The number of carbonyl (C=O) groups is 1. The Balaban J connectivity index is 1.91. The number of furan rings is 1. The molecule has 2 nitrogen and oxygen atoms in total. The quantitative estimate of drug-likeness (QED) is 0.684. The molecule has 2 aromatic rings. The van der Waals surface area contributed by atoms with Crippen LogP contribution in [-0.2, 0) is 10.2 Å². The minimum absolute atomic E-state index is 0.0203. The standard InChI is InChI=1S/C20H15BrO2/c1-20(2)15-6-4-3-5-12(15)11-14-16(20)8-7-13(19(14)22)17-9-10-18(21)23-17/h3-11H,1-2H3. The molecular weight excluding hydrogens is 352 g/mol. The maximum absolute atomic E-state index is 13.0. The summed E-state index contributed by atoms with van der Waals surface area (Å²) in [6, 6.07) is 11.9. The Morgan fingerprint density at radius 1 is 1.00 bits per heavy atom. The van der Waals surface area contributed by atoms with E-state index < -0.39 is 0 Å². The summed E-state index contributed by atoms with van der Waals surface area (Å²) in [5, 5.41) is 0. The van der Waals surface area contributed by atoms with E-state index in [9.17, 15) is 4.79 Å². The molecule has 0 unspecified atom stereocenters. The van der Waals surface area contributed by atoms with E-state index in [1.165, 1.54) is 5.56 Å². The number of Topliss-reactive ketones (excluding diaryl/α,β-unsaturated/α-hetero) is 1. The number of ketones is 1. The highest BCUT2D eigenvalue weighted by Crippen LogP contribution is 2.46. The van der Waals surface area contributed by atoms with E-state index in [0.717, 1.165) is 16.7 Å². The molecule has 114 valence electrons. The summed E-state index contributed by atoms with van der Waals surface area (Å²) < 4.78 is 6.19. The second-order valence-corrected chi connectivity index (χ2v) is 7.15. The second kappa shape index (κ2) is 4.93. The van der Waals surface area contributed by atoms with Gasteiger partial charge in [0.1, 0.15) is 5.76 Å². The van der Waals surface area contributed by atoms with Gasteiger partial charge in [-0.25, -0.2) is 0 Å². The zero-order valence-corrected chi connectivity index (χ0v) is 14.5. The third kappa shape index (κ3) is 2.11. The summed E-state index contributed by atoms with van der Waals surface area (Å²) in [5.41, 5.74) is 4.60. The van der Waals surface area contributed by atoms with Gasteiger partial charge in [0.15, 0.2) is 10.5 Å². The Kier molecular flexibility index (Phi) is 3.10. The van der Waals surface area contributed by atoms with Gasteiger partial charge in [-0.05, 0) is 56.9 Å². The highest BCUT2D eigenvalue weighted by molar-refractivity contribution is 9.10. The number of hydrogen-bond acceptors (Lipinski definition) is 2. The van der Waals surface area contributed by atoms with Crippen molar-refractivity contribution in [3.63, 3.8) is 0 Å². The molecule has 2 aliphatic rings. The van der Waals surface area contributed by atoms with Crippen LogP contribution in [0.4, 0.5) is 0 Å². The zero-order valence-electron chi connectivity index (χ0n) is 12.9. The highest BCUT2D eigenvalue weighted by atomic mass is 79.9. The van der Waals surface area contributed by atoms with E-state index in [0.29, 0.717) is 16.0 Å². The molecule has 0 saturated heterocycles. The van der Waals surface area contributed by atoms with Crippen molar-refractivity contribution in [3.05, 3.63) is 81.3 Å². The van der Waals surface area contributed by atoms with Crippen molar-refractivity contribution in [2.24, 2.45) is 0 Å². The lowest BCUT2D eigenvalue weighted by molar-refractivity contribution is -0.110. The van der Waals surface area contributed by atoms with Gasteiger partial charge in [-0.15, -0.1) is 0 Å². The summed E-state index contributed by atoms with van der Waals surface area (Å²) in [6.07, 6.45) is 5.92. The van der Waals surface area contributed by atoms with Crippen molar-refractivity contribution >= 4 is 33.4 Å². The summed E-state index contributed by atoms with van der Waals surface area (Å²) in [6.45, 7) is 4.33. The minimum Gasteiger partial charge on any atom is -0.449 e. The SMILES string of the molecule is CC1(C)C2=CC=C(c3ccc(Br)o3)C(=O)C2=Cc2ccccc21. The van der Waals surface area contributed by atoms with Crippen molar-refractivity contribution in [1.29, 1.82) is 0 Å². The van der Waals surface area contributed by atoms with Gasteiger partial charge in [0.2, 0.25) is 0 Å². The van der Waals surface area contributed by atoms with Crippen LogP contribution in [0.1, 0.15) is 30.7 Å². The Bertz CT molecular complexity index is 923. The van der Waals surface area contributed by atoms with Crippen LogP contribution in [0.25, 0.3) is 11.6 Å². The van der Waals surface area contributed by atoms with E-state index in [4.69, 9.17) is 4.42 Å². The van der Waals surface area contributed by atoms with Crippen LogP contribution in [0.5, 0.6) is 0 Å². The largest absolute Gasteiger partial charge is 0.449 e.